The van der Waals surface area contributed by atoms with Gasteiger partial charge in [-0.1, -0.05) is 47.1 Å². The highest BCUT2D eigenvalue weighted by Gasteiger charge is 2.17. The predicted molar refractivity (Wildman–Crippen MR) is 91.4 cm³/mol. The van der Waals surface area contributed by atoms with Gasteiger partial charge in [0.05, 0.1) is 11.0 Å². The summed E-state index contributed by atoms with van der Waals surface area (Å²) in [5.41, 5.74) is 1.82. The number of hydrogen-bond donors (Lipinski definition) is 0. The number of halogens is 1. The van der Waals surface area contributed by atoms with Gasteiger partial charge in [0.25, 0.3) is 5.89 Å². The Morgan fingerprint density at radius 3 is 2.52 bits per heavy atom. The van der Waals surface area contributed by atoms with Crippen LogP contribution in [-0.4, -0.2) is 14.3 Å². The second-order valence-electron chi connectivity index (χ2n) is 5.10. The molecule has 0 N–H and O–H groups in total. The number of nitrogens with zero attached hydrogens (tertiary/aromatic N) is 2. The van der Waals surface area contributed by atoms with E-state index >= 15 is 0 Å². The fourth-order valence-electron chi connectivity index (χ4n) is 2.15. The molecule has 6 heteroatoms. The summed E-state index contributed by atoms with van der Waals surface area (Å²) in [7, 11) is -1.14. The summed E-state index contributed by atoms with van der Waals surface area (Å²) < 4.78 is 17.7. The molecule has 0 spiro atoms. The molecule has 2 unspecified atom stereocenters. The molecule has 0 saturated heterocycles. The molecule has 3 aromatic rings. The highest BCUT2D eigenvalue weighted by atomic mass is 35.5. The Bertz CT molecular complexity index is 803. The Hall–Kier alpha value is -1.98. The third-order valence-corrected chi connectivity index (χ3v) is 5.35. The number of rotatable bonds is 5. The van der Waals surface area contributed by atoms with Crippen LogP contribution in [0.1, 0.15) is 23.6 Å². The van der Waals surface area contributed by atoms with Gasteiger partial charge in [0.1, 0.15) is 0 Å². The van der Waals surface area contributed by atoms with E-state index in [-0.39, 0.29) is 11.0 Å². The maximum absolute atomic E-state index is 12.5. The molecule has 0 fully saturated rings. The maximum Gasteiger partial charge on any atom is 0.257 e. The lowest BCUT2D eigenvalue weighted by molar-refractivity contribution is 0.425. The fourth-order valence-corrected chi connectivity index (χ4v) is 3.36. The molecule has 1 heterocycles. The molecule has 0 aliphatic heterocycles. The first-order valence-electron chi connectivity index (χ1n) is 7.14. The van der Waals surface area contributed by atoms with Crippen LogP contribution in [0.2, 0.25) is 5.02 Å². The molecule has 0 aliphatic rings. The van der Waals surface area contributed by atoms with Crippen molar-refractivity contribution in [2.45, 2.75) is 17.9 Å². The first kappa shape index (κ1) is 15.9. The Morgan fingerprint density at radius 2 is 1.83 bits per heavy atom. The van der Waals surface area contributed by atoms with Crippen molar-refractivity contribution in [2.24, 2.45) is 0 Å². The molecule has 23 heavy (non-hydrogen) atoms. The van der Waals surface area contributed by atoms with E-state index in [1.54, 1.807) is 12.1 Å². The van der Waals surface area contributed by atoms with Crippen LogP contribution in [0.3, 0.4) is 0 Å². The minimum atomic E-state index is -1.14. The molecule has 0 radical (unpaired) electrons. The molecular weight excluding hydrogens is 332 g/mol. The standard InChI is InChI=1S/C17H15ClN2O2S/c1-12(13-7-9-15(18)10-8-13)23(21)11-16-19-17(22-20-16)14-5-3-2-4-6-14/h2-10,12H,11H2,1H3. The van der Waals surface area contributed by atoms with Gasteiger partial charge >= 0.3 is 0 Å². The van der Waals surface area contributed by atoms with Crippen LogP contribution >= 0.6 is 11.6 Å². The van der Waals surface area contributed by atoms with Crippen LogP contribution in [0, 0.1) is 0 Å². The summed E-state index contributed by atoms with van der Waals surface area (Å²) in [6.45, 7) is 1.91. The summed E-state index contributed by atoms with van der Waals surface area (Å²) in [5, 5.41) is 4.45. The van der Waals surface area contributed by atoms with Gasteiger partial charge in [0, 0.05) is 21.4 Å². The van der Waals surface area contributed by atoms with Crippen molar-refractivity contribution in [1.29, 1.82) is 0 Å². The highest BCUT2D eigenvalue weighted by molar-refractivity contribution is 7.84. The monoisotopic (exact) mass is 346 g/mol. The summed E-state index contributed by atoms with van der Waals surface area (Å²) in [6.07, 6.45) is 0. The van der Waals surface area contributed by atoms with Gasteiger partial charge in [-0.2, -0.15) is 4.98 Å². The van der Waals surface area contributed by atoms with E-state index in [1.807, 2.05) is 49.4 Å². The van der Waals surface area contributed by atoms with Gasteiger partial charge in [-0.3, -0.25) is 4.21 Å². The SMILES string of the molecule is CC(c1ccc(Cl)cc1)S(=O)Cc1noc(-c2ccccc2)n1. The van der Waals surface area contributed by atoms with E-state index in [4.69, 9.17) is 16.1 Å². The molecule has 0 aliphatic carbocycles. The molecule has 2 aromatic carbocycles. The third kappa shape index (κ3) is 3.86. The molecule has 1 aromatic heterocycles. The van der Waals surface area contributed by atoms with E-state index in [0.29, 0.717) is 16.7 Å². The fraction of sp³-hybridized carbons (Fsp3) is 0.176. The molecule has 0 bridgehead atoms. The minimum Gasteiger partial charge on any atom is -0.334 e. The Balaban J connectivity index is 1.71. The van der Waals surface area contributed by atoms with E-state index in [2.05, 4.69) is 10.1 Å². The molecular formula is C17H15ClN2O2S. The molecule has 0 amide bonds. The summed E-state index contributed by atoms with van der Waals surface area (Å²) >= 11 is 5.88. The van der Waals surface area contributed by atoms with Crippen LogP contribution in [0.4, 0.5) is 0 Å². The van der Waals surface area contributed by atoms with Crippen molar-refractivity contribution in [2.75, 3.05) is 0 Å². The van der Waals surface area contributed by atoms with Crippen molar-refractivity contribution < 1.29 is 8.73 Å². The smallest absolute Gasteiger partial charge is 0.257 e. The van der Waals surface area contributed by atoms with E-state index in [0.717, 1.165) is 11.1 Å². The van der Waals surface area contributed by atoms with Crippen molar-refractivity contribution in [3.05, 3.63) is 71.0 Å². The van der Waals surface area contributed by atoms with E-state index < -0.39 is 10.8 Å². The Morgan fingerprint density at radius 1 is 1.13 bits per heavy atom. The molecule has 2 atom stereocenters. The molecule has 4 nitrogen and oxygen atoms in total. The second-order valence-corrected chi connectivity index (χ2v) is 7.29. The zero-order chi connectivity index (χ0) is 16.2. The average Bonchev–Trinajstić information content (AvgIpc) is 3.04. The van der Waals surface area contributed by atoms with Crippen LogP contribution in [0.25, 0.3) is 11.5 Å². The van der Waals surface area contributed by atoms with Crippen LogP contribution in [0.5, 0.6) is 0 Å². The Kier molecular flexibility index (Phi) is 4.88. The van der Waals surface area contributed by atoms with Gasteiger partial charge in [0.15, 0.2) is 5.82 Å². The lowest BCUT2D eigenvalue weighted by atomic mass is 10.2. The van der Waals surface area contributed by atoms with Crippen LogP contribution in [-0.2, 0) is 16.6 Å². The van der Waals surface area contributed by atoms with Crippen molar-refractivity contribution in [1.82, 2.24) is 10.1 Å². The summed E-state index contributed by atoms with van der Waals surface area (Å²) in [5.74, 6) is 1.14. The molecule has 118 valence electrons. The number of benzene rings is 2. The van der Waals surface area contributed by atoms with Crippen molar-refractivity contribution in [3.63, 3.8) is 0 Å². The van der Waals surface area contributed by atoms with E-state index in [9.17, 15) is 4.21 Å². The normalized spacial score (nSPS) is 13.7. The first-order chi connectivity index (χ1) is 11.1. The zero-order valence-electron chi connectivity index (χ0n) is 12.5. The average molecular weight is 347 g/mol. The van der Waals surface area contributed by atoms with Gasteiger partial charge in [-0.05, 0) is 36.8 Å². The Labute approximate surface area is 142 Å². The minimum absolute atomic E-state index is 0.133. The largest absolute Gasteiger partial charge is 0.334 e. The van der Waals surface area contributed by atoms with E-state index in [1.165, 1.54) is 0 Å². The third-order valence-electron chi connectivity index (χ3n) is 3.49. The van der Waals surface area contributed by atoms with Crippen LogP contribution in [0.15, 0.2) is 59.1 Å². The molecule has 3 rings (SSSR count). The predicted octanol–water partition coefficient (Wildman–Crippen LogP) is 4.40. The van der Waals surface area contributed by atoms with Gasteiger partial charge in [0.2, 0.25) is 0 Å². The van der Waals surface area contributed by atoms with Gasteiger partial charge in [-0.15, -0.1) is 0 Å². The first-order valence-corrected chi connectivity index (χ1v) is 8.90. The number of hydrogen-bond acceptors (Lipinski definition) is 4. The van der Waals surface area contributed by atoms with Gasteiger partial charge in [-0.25, -0.2) is 0 Å². The summed E-state index contributed by atoms with van der Waals surface area (Å²) in [4.78, 5) is 4.32. The second kappa shape index (κ2) is 7.06. The van der Waals surface area contributed by atoms with Gasteiger partial charge < -0.3 is 4.52 Å². The van der Waals surface area contributed by atoms with Crippen molar-refractivity contribution >= 4 is 22.4 Å². The topological polar surface area (TPSA) is 56.0 Å². The maximum atomic E-state index is 12.5. The lowest BCUT2D eigenvalue weighted by Crippen LogP contribution is -2.06. The van der Waals surface area contributed by atoms with Crippen molar-refractivity contribution in [3.8, 4) is 11.5 Å². The van der Waals surface area contributed by atoms with Crippen LogP contribution < -0.4 is 0 Å². The highest BCUT2D eigenvalue weighted by Crippen LogP contribution is 2.24. The quantitative estimate of drug-likeness (QED) is 0.687. The molecule has 0 saturated carbocycles. The summed E-state index contributed by atoms with van der Waals surface area (Å²) in [6, 6.07) is 16.9. The zero-order valence-corrected chi connectivity index (χ0v) is 14.1. The number of aromatic nitrogens is 2. The lowest BCUT2D eigenvalue weighted by Gasteiger charge is -2.10.